The largest absolute Gasteiger partial charge is 0.490 e. The van der Waals surface area contributed by atoms with Crippen molar-refractivity contribution in [1.29, 1.82) is 0 Å². The Labute approximate surface area is 109 Å². The first-order valence-electron chi connectivity index (χ1n) is 6.27. The molecule has 1 aromatic rings. The molecule has 4 heteroatoms. The van der Waals surface area contributed by atoms with Crippen LogP contribution in [0.5, 0.6) is 5.75 Å². The topological polar surface area (TPSA) is 64.7 Å². The van der Waals surface area contributed by atoms with Gasteiger partial charge in [0.15, 0.2) is 0 Å². The van der Waals surface area contributed by atoms with Crippen molar-refractivity contribution in [2.45, 2.75) is 33.4 Å². The SMILES string of the molecule is CCOCC(O)COc1c(C)cc(CN)cc1C. The van der Waals surface area contributed by atoms with E-state index < -0.39 is 6.10 Å². The van der Waals surface area contributed by atoms with Gasteiger partial charge in [-0.1, -0.05) is 12.1 Å². The molecule has 0 aromatic heterocycles. The lowest BCUT2D eigenvalue weighted by Gasteiger charge is -2.16. The molecule has 1 atom stereocenters. The fraction of sp³-hybridized carbons (Fsp3) is 0.571. The van der Waals surface area contributed by atoms with Gasteiger partial charge in [0.1, 0.15) is 18.5 Å². The molecule has 0 fully saturated rings. The number of rotatable bonds is 7. The molecule has 0 aliphatic heterocycles. The Hall–Kier alpha value is -1.10. The predicted octanol–water partition coefficient (Wildman–Crippen LogP) is 1.54. The van der Waals surface area contributed by atoms with Gasteiger partial charge < -0.3 is 20.3 Å². The summed E-state index contributed by atoms with van der Waals surface area (Å²) in [7, 11) is 0. The average Bonchev–Trinajstić information content (AvgIpc) is 2.34. The minimum atomic E-state index is -0.599. The first kappa shape index (κ1) is 15.0. The smallest absolute Gasteiger partial charge is 0.125 e. The van der Waals surface area contributed by atoms with E-state index in [-0.39, 0.29) is 6.61 Å². The molecule has 0 radical (unpaired) electrons. The molecule has 1 unspecified atom stereocenters. The molecule has 3 N–H and O–H groups in total. The molecule has 0 saturated carbocycles. The van der Waals surface area contributed by atoms with Crippen molar-refractivity contribution in [3.8, 4) is 5.75 Å². The van der Waals surface area contributed by atoms with Crippen molar-refractivity contribution in [1.82, 2.24) is 0 Å². The summed E-state index contributed by atoms with van der Waals surface area (Å²) >= 11 is 0. The van der Waals surface area contributed by atoms with Crippen LogP contribution in [0.2, 0.25) is 0 Å². The third kappa shape index (κ3) is 4.29. The molecule has 0 aliphatic rings. The second-order valence-corrected chi connectivity index (χ2v) is 4.39. The summed E-state index contributed by atoms with van der Waals surface area (Å²) < 4.78 is 10.8. The van der Waals surface area contributed by atoms with Crippen LogP contribution in [0.3, 0.4) is 0 Å². The molecule has 0 aliphatic carbocycles. The highest BCUT2D eigenvalue weighted by Gasteiger charge is 2.09. The van der Waals surface area contributed by atoms with Gasteiger partial charge in [0, 0.05) is 13.2 Å². The summed E-state index contributed by atoms with van der Waals surface area (Å²) in [5.74, 6) is 0.822. The number of benzene rings is 1. The summed E-state index contributed by atoms with van der Waals surface area (Å²) in [6, 6.07) is 4.02. The van der Waals surface area contributed by atoms with Crippen molar-refractivity contribution >= 4 is 0 Å². The fourth-order valence-corrected chi connectivity index (χ4v) is 1.87. The number of aliphatic hydroxyl groups is 1. The van der Waals surface area contributed by atoms with E-state index in [9.17, 15) is 5.11 Å². The Morgan fingerprint density at radius 2 is 1.83 bits per heavy atom. The van der Waals surface area contributed by atoms with Crippen LogP contribution in [-0.2, 0) is 11.3 Å². The van der Waals surface area contributed by atoms with E-state index in [1.54, 1.807) is 0 Å². The van der Waals surface area contributed by atoms with E-state index in [0.717, 1.165) is 22.4 Å². The van der Waals surface area contributed by atoms with E-state index in [2.05, 4.69) is 0 Å². The van der Waals surface area contributed by atoms with Gasteiger partial charge in [-0.05, 0) is 37.5 Å². The lowest BCUT2D eigenvalue weighted by molar-refractivity contribution is 0.0162. The summed E-state index contributed by atoms with van der Waals surface area (Å²) in [5.41, 5.74) is 8.79. The number of hydrogen-bond donors (Lipinski definition) is 2. The second kappa shape index (κ2) is 7.36. The Bertz CT molecular complexity index is 356. The van der Waals surface area contributed by atoms with Crippen molar-refractivity contribution in [2.24, 2.45) is 5.73 Å². The summed E-state index contributed by atoms with van der Waals surface area (Å²) in [6.07, 6.45) is -0.599. The number of ether oxygens (including phenoxy) is 2. The van der Waals surface area contributed by atoms with E-state index >= 15 is 0 Å². The van der Waals surface area contributed by atoms with Gasteiger partial charge in [-0.15, -0.1) is 0 Å². The van der Waals surface area contributed by atoms with Gasteiger partial charge in [-0.2, -0.15) is 0 Å². The summed E-state index contributed by atoms with van der Waals surface area (Å²) in [5, 5.41) is 9.65. The van der Waals surface area contributed by atoms with Crippen LogP contribution in [0.4, 0.5) is 0 Å². The third-order valence-electron chi connectivity index (χ3n) is 2.69. The van der Waals surface area contributed by atoms with Crippen LogP contribution in [0, 0.1) is 13.8 Å². The van der Waals surface area contributed by atoms with Crippen LogP contribution < -0.4 is 10.5 Å². The lowest BCUT2D eigenvalue weighted by atomic mass is 10.1. The zero-order valence-electron chi connectivity index (χ0n) is 11.4. The van der Waals surface area contributed by atoms with Gasteiger partial charge >= 0.3 is 0 Å². The number of aliphatic hydroxyl groups excluding tert-OH is 1. The number of hydrogen-bond acceptors (Lipinski definition) is 4. The van der Waals surface area contributed by atoms with Crippen LogP contribution in [0.15, 0.2) is 12.1 Å². The van der Waals surface area contributed by atoms with Gasteiger partial charge in [-0.3, -0.25) is 0 Å². The Kier molecular flexibility index (Phi) is 6.12. The minimum absolute atomic E-state index is 0.240. The first-order valence-corrected chi connectivity index (χ1v) is 6.27. The van der Waals surface area contributed by atoms with Gasteiger partial charge in [-0.25, -0.2) is 0 Å². The molecule has 0 saturated heterocycles. The van der Waals surface area contributed by atoms with Crippen molar-refractivity contribution < 1.29 is 14.6 Å². The molecule has 4 nitrogen and oxygen atoms in total. The molecule has 102 valence electrons. The van der Waals surface area contributed by atoms with Crippen LogP contribution in [0.25, 0.3) is 0 Å². The molecule has 0 bridgehead atoms. The van der Waals surface area contributed by atoms with Crippen molar-refractivity contribution in [3.63, 3.8) is 0 Å². The van der Waals surface area contributed by atoms with Crippen molar-refractivity contribution in [3.05, 3.63) is 28.8 Å². The molecular weight excluding hydrogens is 230 g/mol. The van der Waals surface area contributed by atoms with E-state index in [1.165, 1.54) is 0 Å². The van der Waals surface area contributed by atoms with E-state index in [1.807, 2.05) is 32.9 Å². The maximum atomic E-state index is 9.65. The Morgan fingerprint density at radius 3 is 2.33 bits per heavy atom. The molecule has 18 heavy (non-hydrogen) atoms. The van der Waals surface area contributed by atoms with Crippen LogP contribution in [0.1, 0.15) is 23.6 Å². The third-order valence-corrected chi connectivity index (χ3v) is 2.69. The van der Waals surface area contributed by atoms with E-state index in [0.29, 0.717) is 19.8 Å². The predicted molar refractivity (Wildman–Crippen MR) is 71.8 cm³/mol. The molecule has 1 rings (SSSR count). The Balaban J connectivity index is 2.62. The maximum absolute atomic E-state index is 9.65. The maximum Gasteiger partial charge on any atom is 0.125 e. The monoisotopic (exact) mass is 253 g/mol. The molecule has 0 amide bonds. The lowest BCUT2D eigenvalue weighted by Crippen LogP contribution is -2.23. The molecule has 0 heterocycles. The quantitative estimate of drug-likeness (QED) is 0.773. The average molecular weight is 253 g/mol. The standard InChI is InChI=1S/C14H23NO3/c1-4-17-8-13(16)9-18-14-10(2)5-12(7-15)6-11(14)3/h5-6,13,16H,4,7-9,15H2,1-3H3. The molecule has 0 spiro atoms. The van der Waals surface area contributed by atoms with Crippen molar-refractivity contribution in [2.75, 3.05) is 19.8 Å². The molecular formula is C14H23NO3. The van der Waals surface area contributed by atoms with Gasteiger partial charge in [0.05, 0.1) is 6.61 Å². The van der Waals surface area contributed by atoms with Gasteiger partial charge in [0.25, 0.3) is 0 Å². The normalized spacial score (nSPS) is 12.5. The highest BCUT2D eigenvalue weighted by molar-refractivity contribution is 5.43. The summed E-state index contributed by atoms with van der Waals surface area (Å²) in [4.78, 5) is 0. The number of nitrogens with two attached hydrogens (primary N) is 1. The molecule has 1 aromatic carbocycles. The second-order valence-electron chi connectivity index (χ2n) is 4.39. The summed E-state index contributed by atoms with van der Waals surface area (Å²) in [6.45, 7) is 7.52. The van der Waals surface area contributed by atoms with E-state index in [4.69, 9.17) is 15.2 Å². The minimum Gasteiger partial charge on any atom is -0.490 e. The highest BCUT2D eigenvalue weighted by atomic mass is 16.5. The van der Waals surface area contributed by atoms with Gasteiger partial charge in [0.2, 0.25) is 0 Å². The first-order chi connectivity index (χ1) is 8.58. The fourth-order valence-electron chi connectivity index (χ4n) is 1.87. The van der Waals surface area contributed by atoms with Crippen LogP contribution >= 0.6 is 0 Å². The highest BCUT2D eigenvalue weighted by Crippen LogP contribution is 2.24. The Morgan fingerprint density at radius 1 is 1.22 bits per heavy atom. The zero-order chi connectivity index (χ0) is 13.5. The van der Waals surface area contributed by atoms with Crippen LogP contribution in [-0.4, -0.2) is 31.0 Å². The zero-order valence-corrected chi connectivity index (χ0v) is 11.4. The number of aryl methyl sites for hydroxylation is 2.